The molecule has 0 aliphatic carbocycles. The summed E-state index contributed by atoms with van der Waals surface area (Å²) < 4.78 is 1.70. The fourth-order valence-electron chi connectivity index (χ4n) is 3.40. The van der Waals surface area contributed by atoms with E-state index >= 15 is 0 Å². The number of nitrogens with one attached hydrogen (secondary N) is 1. The van der Waals surface area contributed by atoms with E-state index in [0.29, 0.717) is 30.6 Å². The van der Waals surface area contributed by atoms with E-state index in [0.717, 1.165) is 24.4 Å². The predicted molar refractivity (Wildman–Crippen MR) is 102 cm³/mol. The summed E-state index contributed by atoms with van der Waals surface area (Å²) in [5.74, 6) is 1.52. The zero-order valence-corrected chi connectivity index (χ0v) is 15.5. The van der Waals surface area contributed by atoms with Crippen LogP contribution in [0.1, 0.15) is 48.8 Å². The van der Waals surface area contributed by atoms with Gasteiger partial charge in [-0.05, 0) is 37.0 Å². The molecule has 0 aromatic carbocycles. The maximum atomic E-state index is 13.0. The fourth-order valence-corrected chi connectivity index (χ4v) is 3.40. The second-order valence-corrected chi connectivity index (χ2v) is 7.12. The van der Waals surface area contributed by atoms with E-state index < -0.39 is 0 Å². The lowest BCUT2D eigenvalue weighted by Crippen LogP contribution is -2.42. The quantitative estimate of drug-likeness (QED) is 0.764. The Hall–Kier alpha value is -3.03. The molecule has 1 amide bonds. The molecule has 0 atom stereocenters. The topological polar surface area (TPSA) is 88.3 Å². The van der Waals surface area contributed by atoms with Crippen molar-refractivity contribution in [3.8, 4) is 0 Å². The maximum Gasteiger partial charge on any atom is 0.272 e. The lowest BCUT2D eigenvalue weighted by Gasteiger charge is -2.32. The van der Waals surface area contributed by atoms with Gasteiger partial charge in [-0.2, -0.15) is 10.1 Å². The molecule has 0 radical (unpaired) electrons. The Morgan fingerprint density at radius 1 is 1.22 bits per heavy atom. The smallest absolute Gasteiger partial charge is 0.272 e. The molecular weight excluding hydrogens is 342 g/mol. The molecule has 1 N–H and O–H groups in total. The van der Waals surface area contributed by atoms with E-state index in [9.17, 15) is 4.79 Å². The average Bonchev–Trinajstić information content (AvgIpc) is 3.16. The van der Waals surface area contributed by atoms with Crippen LogP contribution in [0.25, 0.3) is 5.78 Å². The number of nitrogens with zero attached hydrogens (tertiary/aromatic N) is 6. The van der Waals surface area contributed by atoms with Gasteiger partial charge in [0.1, 0.15) is 17.8 Å². The molecule has 4 rings (SSSR count). The number of hydrogen-bond acceptors (Lipinski definition) is 6. The van der Waals surface area contributed by atoms with Crippen LogP contribution in [0.2, 0.25) is 0 Å². The highest BCUT2D eigenvalue weighted by molar-refractivity contribution is 5.93. The molecule has 0 saturated carbocycles. The molecule has 140 valence electrons. The predicted octanol–water partition coefficient (Wildman–Crippen LogP) is 2.36. The van der Waals surface area contributed by atoms with Crippen molar-refractivity contribution in [2.45, 2.75) is 38.6 Å². The minimum absolute atomic E-state index is 0.0429. The molecule has 4 heterocycles. The number of aromatic nitrogens is 5. The summed E-state index contributed by atoms with van der Waals surface area (Å²) in [5.41, 5.74) is 1.38. The summed E-state index contributed by atoms with van der Waals surface area (Å²) in [6, 6.07) is 7.99. The van der Waals surface area contributed by atoms with Crippen molar-refractivity contribution < 1.29 is 4.79 Å². The second-order valence-electron chi connectivity index (χ2n) is 7.12. The number of anilines is 1. The van der Waals surface area contributed by atoms with Crippen molar-refractivity contribution in [1.82, 2.24) is 29.5 Å². The van der Waals surface area contributed by atoms with Crippen LogP contribution in [-0.2, 0) is 0 Å². The van der Waals surface area contributed by atoms with Crippen molar-refractivity contribution in [3.05, 3.63) is 48.2 Å². The van der Waals surface area contributed by atoms with Crippen molar-refractivity contribution >= 4 is 17.5 Å². The van der Waals surface area contributed by atoms with Crippen LogP contribution in [0.15, 0.2) is 36.8 Å². The summed E-state index contributed by atoms with van der Waals surface area (Å²) in [7, 11) is 0. The van der Waals surface area contributed by atoms with E-state index in [1.807, 2.05) is 29.2 Å². The van der Waals surface area contributed by atoms with Crippen molar-refractivity contribution in [1.29, 1.82) is 0 Å². The van der Waals surface area contributed by atoms with Crippen molar-refractivity contribution in [2.24, 2.45) is 0 Å². The first kappa shape index (κ1) is 17.4. The van der Waals surface area contributed by atoms with Crippen molar-refractivity contribution in [3.63, 3.8) is 0 Å². The van der Waals surface area contributed by atoms with E-state index in [4.69, 9.17) is 0 Å². The number of piperidine rings is 1. The number of amides is 1. The molecule has 0 spiro atoms. The van der Waals surface area contributed by atoms with Gasteiger partial charge in [0.2, 0.25) is 0 Å². The van der Waals surface area contributed by atoms with Crippen LogP contribution in [0.3, 0.4) is 0 Å². The van der Waals surface area contributed by atoms with Gasteiger partial charge in [-0.1, -0.05) is 19.9 Å². The molecule has 1 saturated heterocycles. The minimum Gasteiger partial charge on any atom is -0.367 e. The van der Waals surface area contributed by atoms with Crippen molar-refractivity contribution in [2.75, 3.05) is 18.4 Å². The van der Waals surface area contributed by atoms with Gasteiger partial charge in [0.25, 0.3) is 11.7 Å². The molecule has 0 unspecified atom stereocenters. The van der Waals surface area contributed by atoms with Gasteiger partial charge < -0.3 is 10.2 Å². The normalized spacial score (nSPS) is 15.4. The molecule has 0 bridgehead atoms. The first-order chi connectivity index (χ1) is 13.1. The van der Waals surface area contributed by atoms with E-state index in [1.54, 1.807) is 10.7 Å². The van der Waals surface area contributed by atoms with E-state index in [1.165, 1.54) is 6.33 Å². The van der Waals surface area contributed by atoms with Crippen LogP contribution >= 0.6 is 0 Å². The number of hydrogen-bond donors (Lipinski definition) is 1. The summed E-state index contributed by atoms with van der Waals surface area (Å²) >= 11 is 0. The SMILES string of the molecule is CC(C)c1cc(C(=O)N2CCC(Nc3ccccn3)CC2)nc2ncnn12. The lowest BCUT2D eigenvalue weighted by atomic mass is 10.0. The summed E-state index contributed by atoms with van der Waals surface area (Å²) in [4.78, 5) is 27.7. The van der Waals surface area contributed by atoms with Crippen LogP contribution in [0.5, 0.6) is 0 Å². The second kappa shape index (κ2) is 7.30. The van der Waals surface area contributed by atoms with Gasteiger partial charge >= 0.3 is 0 Å². The summed E-state index contributed by atoms with van der Waals surface area (Å²) in [5, 5.41) is 7.65. The lowest BCUT2D eigenvalue weighted by molar-refractivity contribution is 0.0712. The summed E-state index contributed by atoms with van der Waals surface area (Å²) in [6.07, 6.45) is 5.01. The van der Waals surface area contributed by atoms with Gasteiger partial charge in [-0.15, -0.1) is 0 Å². The number of likely N-dealkylation sites (tertiary alicyclic amines) is 1. The minimum atomic E-state index is -0.0429. The monoisotopic (exact) mass is 365 g/mol. The molecular formula is C19H23N7O. The Morgan fingerprint density at radius 3 is 2.74 bits per heavy atom. The van der Waals surface area contributed by atoms with Crippen LogP contribution in [0, 0.1) is 0 Å². The Balaban J connectivity index is 1.46. The Kier molecular flexibility index (Phi) is 4.70. The third-order valence-corrected chi connectivity index (χ3v) is 4.89. The third kappa shape index (κ3) is 3.60. The molecule has 3 aromatic rings. The van der Waals surface area contributed by atoms with Crippen LogP contribution < -0.4 is 5.32 Å². The van der Waals surface area contributed by atoms with E-state index in [2.05, 4.69) is 39.2 Å². The number of carbonyl (C=O) groups excluding carboxylic acids is 1. The number of rotatable bonds is 4. The first-order valence-corrected chi connectivity index (χ1v) is 9.29. The number of carbonyl (C=O) groups is 1. The standard InChI is InChI=1S/C19H23N7O/c1-13(2)16-11-15(24-19-21-12-22-26(16)19)18(27)25-9-6-14(7-10-25)23-17-5-3-4-8-20-17/h3-5,8,11-14H,6-7,9-10H2,1-2H3,(H,20,23). The Bertz CT molecular complexity index is 930. The number of fused-ring (bicyclic) bond motifs is 1. The Labute approximate surface area is 157 Å². The third-order valence-electron chi connectivity index (χ3n) is 4.89. The first-order valence-electron chi connectivity index (χ1n) is 9.29. The van der Waals surface area contributed by atoms with Crippen LogP contribution in [-0.4, -0.2) is 54.5 Å². The molecule has 3 aromatic heterocycles. The highest BCUT2D eigenvalue weighted by atomic mass is 16.2. The van der Waals surface area contributed by atoms with E-state index in [-0.39, 0.29) is 11.8 Å². The van der Waals surface area contributed by atoms with Gasteiger partial charge in [0.15, 0.2) is 0 Å². The molecule has 8 nitrogen and oxygen atoms in total. The Morgan fingerprint density at radius 2 is 2.04 bits per heavy atom. The molecule has 27 heavy (non-hydrogen) atoms. The number of pyridine rings is 1. The molecule has 1 aliphatic heterocycles. The molecule has 1 fully saturated rings. The van der Waals surface area contributed by atoms with Gasteiger partial charge in [-0.25, -0.2) is 14.5 Å². The zero-order chi connectivity index (χ0) is 18.8. The summed E-state index contributed by atoms with van der Waals surface area (Å²) in [6.45, 7) is 5.53. The average molecular weight is 365 g/mol. The van der Waals surface area contributed by atoms with Gasteiger partial charge in [0.05, 0.1) is 5.69 Å². The molecule has 1 aliphatic rings. The largest absolute Gasteiger partial charge is 0.367 e. The van der Waals surface area contributed by atoms with Gasteiger partial charge in [0, 0.05) is 25.3 Å². The maximum absolute atomic E-state index is 13.0. The van der Waals surface area contributed by atoms with Crippen LogP contribution in [0.4, 0.5) is 5.82 Å². The van der Waals surface area contributed by atoms with Gasteiger partial charge in [-0.3, -0.25) is 4.79 Å². The highest BCUT2D eigenvalue weighted by Crippen LogP contribution is 2.19. The fraction of sp³-hybridized carbons (Fsp3) is 0.421. The highest BCUT2D eigenvalue weighted by Gasteiger charge is 2.26. The zero-order valence-electron chi connectivity index (χ0n) is 15.5. The molecule has 8 heteroatoms.